The van der Waals surface area contributed by atoms with Crippen LogP contribution in [0.1, 0.15) is 70.9 Å². The number of pyridine rings is 1. The lowest BCUT2D eigenvalue weighted by Gasteiger charge is -2.22. The predicted molar refractivity (Wildman–Crippen MR) is 99.6 cm³/mol. The van der Waals surface area contributed by atoms with Crippen molar-refractivity contribution in [3.63, 3.8) is 0 Å². The summed E-state index contributed by atoms with van der Waals surface area (Å²) >= 11 is 0. The Labute approximate surface area is 161 Å². The Kier molecular flexibility index (Phi) is 4.62. The third-order valence-corrected chi connectivity index (χ3v) is 5.36. The number of nitrogens with one attached hydrogen (secondary N) is 2. The van der Waals surface area contributed by atoms with E-state index in [1.807, 2.05) is 4.90 Å². The zero-order valence-electron chi connectivity index (χ0n) is 15.9. The van der Waals surface area contributed by atoms with Gasteiger partial charge in [-0.05, 0) is 25.8 Å². The van der Waals surface area contributed by atoms with Crippen LogP contribution in [-0.2, 0) is 6.54 Å². The maximum absolute atomic E-state index is 12.9. The van der Waals surface area contributed by atoms with Crippen LogP contribution in [0.25, 0.3) is 0 Å². The molecule has 0 bridgehead atoms. The molecule has 2 aromatic heterocycles. The van der Waals surface area contributed by atoms with Crippen molar-refractivity contribution in [2.45, 2.75) is 51.2 Å². The molecule has 10 heteroatoms. The first kappa shape index (κ1) is 18.2. The number of ether oxygens (including phenoxy) is 1. The number of aromatic amines is 1. The molecule has 4 N–H and O–H groups in total. The number of methoxy groups -OCH3 is 1. The number of H-pyrrole nitrogens is 1. The molecule has 1 aliphatic carbocycles. The van der Waals surface area contributed by atoms with E-state index in [0.29, 0.717) is 23.6 Å². The quantitative estimate of drug-likeness (QED) is 0.702. The molecule has 0 saturated heterocycles. The minimum atomic E-state index is -0.457. The second-order valence-electron chi connectivity index (χ2n) is 7.18. The molecular weight excluding hydrogens is 362 g/mol. The first-order valence-corrected chi connectivity index (χ1v) is 9.35. The summed E-state index contributed by atoms with van der Waals surface area (Å²) < 4.78 is 5.32. The SMILES string of the molecule is COc1nc2c(cc1C(=O)N[C@@H](C)c1nc(N)n[nH]1)C(=O)N(C1CCCC1)C2. The Bertz CT molecular complexity index is 920. The molecule has 2 aliphatic rings. The number of rotatable bonds is 5. The van der Waals surface area contributed by atoms with Crippen LogP contribution >= 0.6 is 0 Å². The fourth-order valence-corrected chi connectivity index (χ4v) is 3.88. The fourth-order valence-electron chi connectivity index (χ4n) is 3.88. The number of anilines is 1. The number of amides is 2. The van der Waals surface area contributed by atoms with Crippen molar-refractivity contribution in [3.8, 4) is 5.88 Å². The molecule has 0 radical (unpaired) electrons. The van der Waals surface area contributed by atoms with Gasteiger partial charge in [-0.2, -0.15) is 4.98 Å². The van der Waals surface area contributed by atoms with E-state index in [1.54, 1.807) is 13.0 Å². The van der Waals surface area contributed by atoms with Crippen LogP contribution in [0, 0.1) is 0 Å². The van der Waals surface area contributed by atoms with Crippen molar-refractivity contribution >= 4 is 17.8 Å². The molecule has 4 rings (SSSR count). The second kappa shape index (κ2) is 7.10. The Balaban J connectivity index is 1.58. The second-order valence-corrected chi connectivity index (χ2v) is 7.18. The Morgan fingerprint density at radius 2 is 2.14 bits per heavy atom. The molecule has 0 spiro atoms. The maximum Gasteiger partial charge on any atom is 0.257 e. The van der Waals surface area contributed by atoms with Crippen LogP contribution in [0.2, 0.25) is 0 Å². The number of nitrogen functional groups attached to an aromatic ring is 1. The largest absolute Gasteiger partial charge is 0.480 e. The molecule has 2 aromatic rings. The maximum atomic E-state index is 12.9. The zero-order valence-corrected chi connectivity index (χ0v) is 15.9. The van der Waals surface area contributed by atoms with Crippen LogP contribution < -0.4 is 15.8 Å². The van der Waals surface area contributed by atoms with Gasteiger partial charge in [-0.15, -0.1) is 5.10 Å². The number of aromatic nitrogens is 4. The number of nitrogens with two attached hydrogens (primary N) is 1. The molecule has 2 amide bonds. The number of hydrogen-bond donors (Lipinski definition) is 3. The average molecular weight is 385 g/mol. The van der Waals surface area contributed by atoms with E-state index in [0.717, 1.165) is 25.7 Å². The van der Waals surface area contributed by atoms with E-state index < -0.39 is 11.9 Å². The molecule has 1 fully saturated rings. The van der Waals surface area contributed by atoms with Gasteiger partial charge in [0.15, 0.2) is 0 Å². The average Bonchev–Trinajstić information content (AvgIpc) is 3.41. The van der Waals surface area contributed by atoms with Crippen molar-refractivity contribution in [3.05, 3.63) is 28.7 Å². The summed E-state index contributed by atoms with van der Waals surface area (Å²) in [5.74, 6) is 0.249. The van der Waals surface area contributed by atoms with Crippen molar-refractivity contribution in [2.24, 2.45) is 0 Å². The highest BCUT2D eigenvalue weighted by molar-refractivity contribution is 6.03. The van der Waals surface area contributed by atoms with Gasteiger partial charge in [-0.3, -0.25) is 14.7 Å². The van der Waals surface area contributed by atoms with Gasteiger partial charge in [-0.1, -0.05) is 12.8 Å². The minimum Gasteiger partial charge on any atom is -0.480 e. The van der Waals surface area contributed by atoms with Crippen LogP contribution in [0.5, 0.6) is 5.88 Å². The third kappa shape index (κ3) is 3.14. The highest BCUT2D eigenvalue weighted by Gasteiger charge is 2.36. The molecule has 148 valence electrons. The molecule has 0 aromatic carbocycles. The predicted octanol–water partition coefficient (Wildman–Crippen LogP) is 1.18. The Morgan fingerprint density at radius 1 is 1.39 bits per heavy atom. The van der Waals surface area contributed by atoms with Gasteiger partial charge in [0, 0.05) is 6.04 Å². The highest BCUT2D eigenvalue weighted by atomic mass is 16.5. The number of hydrogen-bond acceptors (Lipinski definition) is 7. The monoisotopic (exact) mass is 385 g/mol. The smallest absolute Gasteiger partial charge is 0.257 e. The molecule has 1 saturated carbocycles. The summed E-state index contributed by atoms with van der Waals surface area (Å²) in [6.07, 6.45) is 4.31. The first-order chi connectivity index (χ1) is 13.5. The standard InChI is InChI=1S/C18H23N7O3/c1-9(14-22-18(19)24-23-14)20-15(26)12-7-11-13(21-16(12)28-2)8-25(17(11)27)10-5-3-4-6-10/h7,9-10H,3-6,8H2,1-2H3,(H,20,26)(H3,19,22,23,24)/t9-/m0/s1. The summed E-state index contributed by atoms with van der Waals surface area (Å²) in [7, 11) is 1.46. The first-order valence-electron chi connectivity index (χ1n) is 9.35. The molecule has 3 heterocycles. The lowest BCUT2D eigenvalue weighted by atomic mass is 10.1. The molecule has 1 atom stereocenters. The fraction of sp³-hybridized carbons (Fsp3) is 0.500. The minimum absolute atomic E-state index is 0.0674. The van der Waals surface area contributed by atoms with Gasteiger partial charge >= 0.3 is 0 Å². The van der Waals surface area contributed by atoms with E-state index in [-0.39, 0.29) is 29.3 Å². The van der Waals surface area contributed by atoms with Crippen molar-refractivity contribution in [1.82, 2.24) is 30.4 Å². The molecule has 10 nitrogen and oxygen atoms in total. The summed E-state index contributed by atoms with van der Waals surface area (Å²) in [6.45, 7) is 2.21. The molecular formula is C18H23N7O3. The van der Waals surface area contributed by atoms with Gasteiger partial charge in [0.25, 0.3) is 11.8 Å². The van der Waals surface area contributed by atoms with Crippen LogP contribution in [0.4, 0.5) is 5.95 Å². The summed E-state index contributed by atoms with van der Waals surface area (Å²) in [5, 5.41) is 9.23. The van der Waals surface area contributed by atoms with Crippen molar-refractivity contribution < 1.29 is 14.3 Å². The summed E-state index contributed by atoms with van der Waals surface area (Å²) in [4.78, 5) is 36.0. The van der Waals surface area contributed by atoms with E-state index in [9.17, 15) is 9.59 Å². The van der Waals surface area contributed by atoms with Gasteiger partial charge in [-0.25, -0.2) is 4.98 Å². The lowest BCUT2D eigenvalue weighted by Crippen LogP contribution is -2.33. The highest BCUT2D eigenvalue weighted by Crippen LogP contribution is 2.33. The number of fused-ring (bicyclic) bond motifs is 1. The molecule has 28 heavy (non-hydrogen) atoms. The lowest BCUT2D eigenvalue weighted by molar-refractivity contribution is 0.0706. The van der Waals surface area contributed by atoms with E-state index >= 15 is 0 Å². The number of nitrogens with zero attached hydrogens (tertiary/aromatic N) is 4. The van der Waals surface area contributed by atoms with Gasteiger partial charge in [0.1, 0.15) is 11.4 Å². The van der Waals surface area contributed by atoms with Gasteiger partial charge in [0.2, 0.25) is 11.8 Å². The molecule has 1 aliphatic heterocycles. The number of carbonyl (C=O) groups excluding carboxylic acids is 2. The zero-order chi connectivity index (χ0) is 19.8. The summed E-state index contributed by atoms with van der Waals surface area (Å²) in [5.41, 5.74) is 6.84. The Morgan fingerprint density at radius 3 is 2.79 bits per heavy atom. The topological polar surface area (TPSA) is 139 Å². The number of carbonyl (C=O) groups is 2. The van der Waals surface area contributed by atoms with Crippen LogP contribution in [0.3, 0.4) is 0 Å². The Hall–Kier alpha value is -3.17. The van der Waals surface area contributed by atoms with Crippen molar-refractivity contribution in [2.75, 3.05) is 12.8 Å². The van der Waals surface area contributed by atoms with Gasteiger partial charge in [0.05, 0.1) is 31.0 Å². The van der Waals surface area contributed by atoms with E-state index in [2.05, 4.69) is 25.5 Å². The summed E-state index contributed by atoms with van der Waals surface area (Å²) in [6, 6.07) is 1.37. The van der Waals surface area contributed by atoms with Crippen LogP contribution in [0.15, 0.2) is 6.07 Å². The van der Waals surface area contributed by atoms with E-state index in [1.165, 1.54) is 7.11 Å². The van der Waals surface area contributed by atoms with E-state index in [4.69, 9.17) is 10.5 Å². The third-order valence-electron chi connectivity index (χ3n) is 5.36. The van der Waals surface area contributed by atoms with Crippen molar-refractivity contribution in [1.29, 1.82) is 0 Å². The van der Waals surface area contributed by atoms with Crippen LogP contribution in [-0.4, -0.2) is 50.0 Å². The van der Waals surface area contributed by atoms with Gasteiger partial charge < -0.3 is 20.7 Å². The normalized spacial score (nSPS) is 17.6. The molecule has 0 unspecified atom stereocenters.